The fraction of sp³-hybridized carbons (Fsp3) is 0.500. The fourth-order valence-corrected chi connectivity index (χ4v) is 4.51. The quantitative estimate of drug-likeness (QED) is 0.735. The van der Waals surface area contributed by atoms with Crippen LogP contribution in [0.3, 0.4) is 0 Å². The van der Waals surface area contributed by atoms with Crippen LogP contribution >= 0.6 is 11.3 Å². The topological polar surface area (TPSA) is 59.0 Å². The normalized spacial score (nSPS) is 22.2. The first kappa shape index (κ1) is 18.4. The number of hydrogen-bond acceptors (Lipinski definition) is 7. The van der Waals surface area contributed by atoms with Gasteiger partial charge in [-0.15, -0.1) is 11.3 Å². The summed E-state index contributed by atoms with van der Waals surface area (Å²) >= 11 is 1.58. The summed E-state index contributed by atoms with van der Waals surface area (Å²) in [4.78, 5) is 11.0. The van der Waals surface area contributed by atoms with Gasteiger partial charge in [0.15, 0.2) is 5.75 Å². The smallest absolute Gasteiger partial charge is 0.157 e. The number of hydrogen-bond donors (Lipinski definition) is 1. The number of ether oxygens (including phenoxy) is 2. The predicted octanol–water partition coefficient (Wildman–Crippen LogP) is 3.70. The van der Waals surface area contributed by atoms with Crippen LogP contribution in [0.15, 0.2) is 28.7 Å². The number of benzene rings is 1. The Labute approximate surface area is 164 Å². The molecule has 27 heavy (non-hydrogen) atoms. The lowest BCUT2D eigenvalue weighted by Crippen LogP contribution is -2.51. The number of nitrogens with zero attached hydrogens (tertiary/aromatic N) is 3. The van der Waals surface area contributed by atoms with Crippen LogP contribution in [0.5, 0.6) is 11.5 Å². The van der Waals surface area contributed by atoms with E-state index in [1.165, 1.54) is 12.8 Å². The molecule has 0 radical (unpaired) electrons. The maximum Gasteiger partial charge on any atom is 0.157 e. The third-order valence-corrected chi connectivity index (χ3v) is 5.74. The highest BCUT2D eigenvalue weighted by Gasteiger charge is 2.32. The highest BCUT2D eigenvalue weighted by molar-refractivity contribution is 7.13. The molecule has 0 amide bonds. The van der Waals surface area contributed by atoms with Crippen molar-refractivity contribution in [1.29, 1.82) is 0 Å². The zero-order chi connectivity index (χ0) is 18.8. The minimum Gasteiger partial charge on any atom is -0.491 e. The van der Waals surface area contributed by atoms with Crippen molar-refractivity contribution in [3.63, 3.8) is 0 Å². The number of likely N-dealkylation sites (tertiary alicyclic amines) is 1. The number of thiazole rings is 1. The van der Waals surface area contributed by atoms with Crippen molar-refractivity contribution in [3.8, 4) is 22.1 Å². The standard InChI is InChI=1S/C20H26N4O2S/c1-13(2)26-16-8-17(20-22-6-7-27-20)19(18(9-16)21-3)25-12-24-10-14-4-5-15(11-24)23-14/h6-9,13-15,23H,3-5,10-12H2,1-2H3. The molecule has 2 atom stereocenters. The largest absolute Gasteiger partial charge is 0.491 e. The van der Waals surface area contributed by atoms with E-state index in [1.54, 1.807) is 17.5 Å². The third-order valence-electron chi connectivity index (χ3n) is 4.93. The molecule has 2 aromatic rings. The lowest BCUT2D eigenvalue weighted by Gasteiger charge is -2.32. The van der Waals surface area contributed by atoms with Gasteiger partial charge in [0.25, 0.3) is 0 Å². The van der Waals surface area contributed by atoms with Gasteiger partial charge in [-0.05, 0) is 39.5 Å². The first-order chi connectivity index (χ1) is 13.1. The van der Waals surface area contributed by atoms with Crippen molar-refractivity contribution in [3.05, 3.63) is 23.7 Å². The molecule has 2 aliphatic heterocycles. The molecule has 7 heteroatoms. The van der Waals surface area contributed by atoms with E-state index in [4.69, 9.17) is 9.47 Å². The number of fused-ring (bicyclic) bond motifs is 2. The summed E-state index contributed by atoms with van der Waals surface area (Å²) in [5, 5.41) is 6.51. The molecule has 0 saturated carbocycles. The summed E-state index contributed by atoms with van der Waals surface area (Å²) in [5.41, 5.74) is 1.60. The monoisotopic (exact) mass is 386 g/mol. The summed E-state index contributed by atoms with van der Waals surface area (Å²) in [7, 11) is 0. The van der Waals surface area contributed by atoms with E-state index >= 15 is 0 Å². The zero-order valence-corrected chi connectivity index (χ0v) is 16.7. The molecule has 0 aliphatic carbocycles. The number of rotatable bonds is 7. The van der Waals surface area contributed by atoms with Crippen LogP contribution in [0.1, 0.15) is 26.7 Å². The second-order valence-electron chi connectivity index (χ2n) is 7.43. The number of piperazine rings is 1. The van der Waals surface area contributed by atoms with Crippen molar-refractivity contribution in [2.45, 2.75) is 44.9 Å². The zero-order valence-electron chi connectivity index (χ0n) is 15.9. The lowest BCUT2D eigenvalue weighted by molar-refractivity contribution is 0.0930. The van der Waals surface area contributed by atoms with E-state index in [-0.39, 0.29) is 6.10 Å². The molecular formula is C20H26N4O2S. The molecule has 2 aliphatic rings. The number of nitrogens with one attached hydrogen (secondary N) is 1. The second kappa shape index (κ2) is 7.96. The average Bonchev–Trinajstić information content (AvgIpc) is 3.29. The Hall–Kier alpha value is -1.96. The summed E-state index contributed by atoms with van der Waals surface area (Å²) < 4.78 is 12.2. The van der Waals surface area contributed by atoms with Gasteiger partial charge in [0, 0.05) is 42.8 Å². The summed E-state index contributed by atoms with van der Waals surface area (Å²) in [6.45, 7) is 10.3. The van der Waals surface area contributed by atoms with Gasteiger partial charge in [0.1, 0.15) is 23.2 Å². The van der Waals surface area contributed by atoms with Crippen LogP contribution in [0.2, 0.25) is 0 Å². The third kappa shape index (κ3) is 4.15. The van der Waals surface area contributed by atoms with Gasteiger partial charge in [-0.25, -0.2) is 4.98 Å². The second-order valence-corrected chi connectivity index (χ2v) is 8.32. The molecule has 2 saturated heterocycles. The van der Waals surface area contributed by atoms with E-state index in [0.717, 1.165) is 35.2 Å². The van der Waals surface area contributed by atoms with Gasteiger partial charge in [-0.1, -0.05) is 0 Å². The first-order valence-corrected chi connectivity index (χ1v) is 10.3. The minimum absolute atomic E-state index is 0.0786. The van der Waals surface area contributed by atoms with Crippen molar-refractivity contribution in [2.24, 2.45) is 4.99 Å². The Bertz CT molecular complexity index is 782. The van der Waals surface area contributed by atoms with Crippen LogP contribution in [0.25, 0.3) is 10.6 Å². The van der Waals surface area contributed by atoms with E-state index in [9.17, 15) is 0 Å². The van der Waals surface area contributed by atoms with Gasteiger partial charge in [-0.2, -0.15) is 0 Å². The summed E-state index contributed by atoms with van der Waals surface area (Å²) in [5.74, 6) is 1.48. The Kier molecular flexibility index (Phi) is 5.43. The molecule has 6 nitrogen and oxygen atoms in total. The number of aromatic nitrogens is 1. The van der Waals surface area contributed by atoms with E-state index in [2.05, 4.69) is 26.9 Å². The molecule has 1 aromatic carbocycles. The molecule has 144 valence electrons. The van der Waals surface area contributed by atoms with Crippen LogP contribution < -0.4 is 14.8 Å². The van der Waals surface area contributed by atoms with E-state index in [0.29, 0.717) is 24.5 Å². The number of aliphatic imine (C=N–C) groups is 1. The molecule has 2 fully saturated rings. The van der Waals surface area contributed by atoms with Crippen molar-refractivity contribution in [2.75, 3.05) is 19.8 Å². The molecule has 3 heterocycles. The van der Waals surface area contributed by atoms with Crippen LogP contribution in [-0.2, 0) is 0 Å². The van der Waals surface area contributed by atoms with E-state index in [1.807, 2.05) is 31.4 Å². The lowest BCUT2D eigenvalue weighted by atomic mass is 10.1. The molecule has 0 spiro atoms. The molecule has 4 rings (SSSR count). The fourth-order valence-electron chi connectivity index (χ4n) is 3.86. The Morgan fingerprint density at radius 3 is 2.74 bits per heavy atom. The van der Waals surface area contributed by atoms with Crippen molar-refractivity contribution >= 4 is 23.7 Å². The van der Waals surface area contributed by atoms with Crippen molar-refractivity contribution < 1.29 is 9.47 Å². The first-order valence-electron chi connectivity index (χ1n) is 9.45. The van der Waals surface area contributed by atoms with Crippen LogP contribution in [0.4, 0.5) is 5.69 Å². The summed E-state index contributed by atoms with van der Waals surface area (Å²) in [6.07, 6.45) is 4.39. The van der Waals surface area contributed by atoms with Crippen molar-refractivity contribution in [1.82, 2.24) is 15.2 Å². The van der Waals surface area contributed by atoms with Gasteiger partial charge in [0.05, 0.1) is 11.7 Å². The van der Waals surface area contributed by atoms with Crippen LogP contribution in [0, 0.1) is 0 Å². The molecule has 1 aromatic heterocycles. The van der Waals surface area contributed by atoms with Gasteiger partial charge >= 0.3 is 0 Å². The Morgan fingerprint density at radius 1 is 1.33 bits per heavy atom. The average molecular weight is 387 g/mol. The highest BCUT2D eigenvalue weighted by atomic mass is 32.1. The minimum atomic E-state index is 0.0786. The Morgan fingerprint density at radius 2 is 2.11 bits per heavy atom. The molecule has 1 N–H and O–H groups in total. The maximum atomic E-state index is 6.28. The highest BCUT2D eigenvalue weighted by Crippen LogP contribution is 2.42. The Balaban J connectivity index is 1.60. The van der Waals surface area contributed by atoms with E-state index < -0.39 is 0 Å². The molecule has 2 bridgehead atoms. The molecule has 2 unspecified atom stereocenters. The summed E-state index contributed by atoms with van der Waals surface area (Å²) in [6, 6.07) is 5.06. The van der Waals surface area contributed by atoms with Crippen LogP contribution in [-0.4, -0.2) is 54.6 Å². The van der Waals surface area contributed by atoms with Gasteiger partial charge in [0.2, 0.25) is 0 Å². The predicted molar refractivity (Wildman–Crippen MR) is 110 cm³/mol. The molecular weight excluding hydrogens is 360 g/mol. The SMILES string of the molecule is C=Nc1cc(OC(C)C)cc(-c2nccs2)c1OCN1CC2CCC(C1)N2. The maximum absolute atomic E-state index is 6.28. The van der Waals surface area contributed by atoms with Gasteiger partial charge < -0.3 is 14.8 Å². The van der Waals surface area contributed by atoms with Gasteiger partial charge in [-0.3, -0.25) is 9.89 Å².